The molecule has 0 aromatic rings. The Morgan fingerprint density at radius 2 is 1.47 bits per heavy atom. The summed E-state index contributed by atoms with van der Waals surface area (Å²) in [5.41, 5.74) is 8.06. The van der Waals surface area contributed by atoms with Crippen molar-refractivity contribution >= 4 is 0 Å². The van der Waals surface area contributed by atoms with Crippen LogP contribution < -0.4 is 5.32 Å². The molecule has 15 heavy (non-hydrogen) atoms. The van der Waals surface area contributed by atoms with E-state index in [1.165, 1.54) is 44.9 Å². The maximum atomic E-state index is 8.06. The van der Waals surface area contributed by atoms with Gasteiger partial charge in [-0.2, -0.15) is 0 Å². The third-order valence-electron chi connectivity index (χ3n) is 2.50. The molecule has 0 radical (unpaired) electrons. The molecule has 0 unspecified atom stereocenters. The molecule has 0 atom stereocenters. The van der Waals surface area contributed by atoms with Gasteiger partial charge in [0.1, 0.15) is 0 Å². The van der Waals surface area contributed by atoms with Crippen molar-refractivity contribution in [1.82, 2.24) is 5.32 Å². The van der Waals surface area contributed by atoms with E-state index in [2.05, 4.69) is 15.3 Å². The molecule has 0 aromatic heterocycles. The molecule has 0 aliphatic carbocycles. The zero-order valence-electron chi connectivity index (χ0n) is 9.91. The fourth-order valence-electron chi connectivity index (χ4n) is 1.59. The Bertz CT molecular complexity index is 164. The van der Waals surface area contributed by atoms with E-state index >= 15 is 0 Å². The number of azide groups is 1. The average Bonchev–Trinajstić information content (AvgIpc) is 2.26. The number of hydrogen-bond acceptors (Lipinski definition) is 2. The lowest BCUT2D eigenvalue weighted by atomic mass is 10.1. The minimum absolute atomic E-state index is 0.665. The van der Waals surface area contributed by atoms with Gasteiger partial charge in [-0.15, -0.1) is 0 Å². The molecular formula is C11H24N4. The van der Waals surface area contributed by atoms with E-state index in [0.29, 0.717) is 6.54 Å². The highest BCUT2D eigenvalue weighted by Gasteiger charge is 1.91. The molecule has 0 saturated carbocycles. The van der Waals surface area contributed by atoms with Crippen LogP contribution in [0.3, 0.4) is 0 Å². The minimum Gasteiger partial charge on any atom is -0.320 e. The van der Waals surface area contributed by atoms with Gasteiger partial charge < -0.3 is 5.32 Å². The fourth-order valence-corrected chi connectivity index (χ4v) is 1.59. The molecule has 0 aliphatic rings. The zero-order chi connectivity index (χ0) is 11.2. The topological polar surface area (TPSA) is 60.8 Å². The predicted octanol–water partition coefficient (Wildman–Crippen LogP) is 3.64. The molecule has 88 valence electrons. The van der Waals surface area contributed by atoms with Gasteiger partial charge in [0.25, 0.3) is 0 Å². The van der Waals surface area contributed by atoms with Crippen molar-refractivity contribution in [2.45, 2.75) is 51.4 Å². The molecule has 0 saturated heterocycles. The highest BCUT2D eigenvalue weighted by Crippen LogP contribution is 2.08. The standard InChI is InChI=1S/C11H24N4/c1-13-10-8-6-4-2-3-5-7-9-11-14-15-12/h13H,2-11H2,1H3. The largest absolute Gasteiger partial charge is 0.320 e. The van der Waals surface area contributed by atoms with Crippen LogP contribution in [0.15, 0.2) is 5.11 Å². The van der Waals surface area contributed by atoms with E-state index in [1.807, 2.05) is 7.05 Å². The quantitative estimate of drug-likeness (QED) is 0.242. The summed E-state index contributed by atoms with van der Waals surface area (Å²) in [6, 6.07) is 0. The monoisotopic (exact) mass is 212 g/mol. The van der Waals surface area contributed by atoms with Crippen LogP contribution in [0.25, 0.3) is 10.4 Å². The summed E-state index contributed by atoms with van der Waals surface area (Å²) in [7, 11) is 2.00. The molecule has 0 rings (SSSR count). The Morgan fingerprint density at radius 1 is 0.933 bits per heavy atom. The maximum absolute atomic E-state index is 8.06. The lowest BCUT2D eigenvalue weighted by Gasteiger charge is -2.01. The number of nitrogens with zero attached hydrogens (tertiary/aromatic N) is 3. The van der Waals surface area contributed by atoms with Crippen LogP contribution in [-0.2, 0) is 0 Å². The molecule has 1 N–H and O–H groups in total. The van der Waals surface area contributed by atoms with Gasteiger partial charge in [-0.3, -0.25) is 0 Å². The number of hydrogen-bond donors (Lipinski definition) is 1. The molecule has 4 nitrogen and oxygen atoms in total. The van der Waals surface area contributed by atoms with Gasteiger partial charge in [-0.25, -0.2) is 0 Å². The highest BCUT2D eigenvalue weighted by atomic mass is 15.1. The van der Waals surface area contributed by atoms with E-state index in [9.17, 15) is 0 Å². The van der Waals surface area contributed by atoms with Gasteiger partial charge in [0.15, 0.2) is 0 Å². The summed E-state index contributed by atoms with van der Waals surface area (Å²) < 4.78 is 0. The lowest BCUT2D eigenvalue weighted by Crippen LogP contribution is -2.06. The first-order valence-electron chi connectivity index (χ1n) is 6.07. The fraction of sp³-hybridized carbons (Fsp3) is 1.00. The first-order chi connectivity index (χ1) is 7.41. The van der Waals surface area contributed by atoms with Crippen LogP contribution in [-0.4, -0.2) is 20.1 Å². The van der Waals surface area contributed by atoms with Crippen molar-refractivity contribution < 1.29 is 0 Å². The van der Waals surface area contributed by atoms with Gasteiger partial charge >= 0.3 is 0 Å². The van der Waals surface area contributed by atoms with Crippen molar-refractivity contribution in [3.63, 3.8) is 0 Å². The van der Waals surface area contributed by atoms with Gasteiger partial charge in [0.2, 0.25) is 0 Å². The molecule has 0 amide bonds. The second-order valence-electron chi connectivity index (χ2n) is 3.89. The number of unbranched alkanes of at least 4 members (excludes halogenated alkanes) is 7. The normalized spacial score (nSPS) is 9.93. The zero-order valence-corrected chi connectivity index (χ0v) is 9.91. The molecule has 0 bridgehead atoms. The third kappa shape index (κ3) is 13.3. The molecule has 0 aliphatic heterocycles. The van der Waals surface area contributed by atoms with Crippen LogP contribution >= 0.6 is 0 Å². The second kappa shape index (κ2) is 13.3. The van der Waals surface area contributed by atoms with Gasteiger partial charge in [-0.1, -0.05) is 43.6 Å². The molecule has 0 aromatic carbocycles. The first-order valence-corrected chi connectivity index (χ1v) is 6.07. The summed E-state index contributed by atoms with van der Waals surface area (Å²) in [6.45, 7) is 1.81. The smallest absolute Gasteiger partial charge is 0.0257 e. The molecule has 0 spiro atoms. The maximum Gasteiger partial charge on any atom is 0.0257 e. The van der Waals surface area contributed by atoms with Crippen molar-refractivity contribution in [1.29, 1.82) is 0 Å². The van der Waals surface area contributed by atoms with Crippen molar-refractivity contribution in [3.8, 4) is 0 Å². The third-order valence-corrected chi connectivity index (χ3v) is 2.50. The summed E-state index contributed by atoms with van der Waals surface area (Å²) in [4.78, 5) is 2.73. The SMILES string of the molecule is CNCCCCCCCCCCN=[N+]=[N-]. The van der Waals surface area contributed by atoms with E-state index in [4.69, 9.17) is 5.53 Å². The second-order valence-corrected chi connectivity index (χ2v) is 3.89. The lowest BCUT2D eigenvalue weighted by molar-refractivity contribution is 0.562. The van der Waals surface area contributed by atoms with E-state index in [1.54, 1.807) is 0 Å². The van der Waals surface area contributed by atoms with Gasteiger partial charge in [0.05, 0.1) is 0 Å². The van der Waals surface area contributed by atoms with Crippen molar-refractivity contribution in [2.75, 3.05) is 20.1 Å². The van der Waals surface area contributed by atoms with E-state index in [-0.39, 0.29) is 0 Å². The predicted molar refractivity (Wildman–Crippen MR) is 64.9 cm³/mol. The summed E-state index contributed by atoms with van der Waals surface area (Å²) in [5, 5.41) is 6.67. The van der Waals surface area contributed by atoms with Gasteiger partial charge in [0, 0.05) is 11.5 Å². The van der Waals surface area contributed by atoms with Crippen molar-refractivity contribution in [3.05, 3.63) is 10.4 Å². The van der Waals surface area contributed by atoms with Crippen LogP contribution in [0.1, 0.15) is 51.4 Å². The Morgan fingerprint density at radius 3 is 2.00 bits per heavy atom. The van der Waals surface area contributed by atoms with Crippen LogP contribution in [0.2, 0.25) is 0 Å². The Hall–Kier alpha value is -0.730. The first kappa shape index (κ1) is 14.3. The highest BCUT2D eigenvalue weighted by molar-refractivity contribution is 4.50. The minimum atomic E-state index is 0.665. The molecule has 0 heterocycles. The van der Waals surface area contributed by atoms with Crippen LogP contribution in [0, 0.1) is 0 Å². The van der Waals surface area contributed by atoms with Crippen LogP contribution in [0.4, 0.5) is 0 Å². The van der Waals surface area contributed by atoms with Crippen LogP contribution in [0.5, 0.6) is 0 Å². The Labute approximate surface area is 93.1 Å². The number of rotatable bonds is 11. The number of nitrogens with one attached hydrogen (secondary N) is 1. The molecule has 4 heteroatoms. The van der Waals surface area contributed by atoms with E-state index in [0.717, 1.165) is 13.0 Å². The average molecular weight is 212 g/mol. The summed E-state index contributed by atoms with van der Waals surface area (Å²) in [5.74, 6) is 0. The summed E-state index contributed by atoms with van der Waals surface area (Å²) in [6.07, 6.45) is 10.2. The van der Waals surface area contributed by atoms with Crippen molar-refractivity contribution in [2.24, 2.45) is 5.11 Å². The van der Waals surface area contributed by atoms with E-state index < -0.39 is 0 Å². The molecule has 0 fully saturated rings. The Balaban J connectivity index is 2.89. The van der Waals surface area contributed by atoms with Gasteiger partial charge in [-0.05, 0) is 32.0 Å². The Kier molecular flexibility index (Phi) is 12.6. The summed E-state index contributed by atoms with van der Waals surface area (Å²) >= 11 is 0. The molecular weight excluding hydrogens is 188 g/mol.